The number of aliphatic hydroxyl groups is 1. The Labute approximate surface area is 226 Å². The van der Waals surface area contributed by atoms with E-state index in [1.165, 1.54) is 5.56 Å². The van der Waals surface area contributed by atoms with Gasteiger partial charge < -0.3 is 20.1 Å². The van der Waals surface area contributed by atoms with Crippen LogP contribution in [0.15, 0.2) is 69.6 Å². The lowest BCUT2D eigenvalue weighted by molar-refractivity contribution is 0.293. The van der Waals surface area contributed by atoms with E-state index >= 15 is 0 Å². The van der Waals surface area contributed by atoms with Gasteiger partial charge in [0.1, 0.15) is 0 Å². The van der Waals surface area contributed by atoms with Gasteiger partial charge >= 0.3 is 0 Å². The maximum absolute atomic E-state index is 8.45. The molecule has 3 rings (SSSR count). The van der Waals surface area contributed by atoms with Crippen molar-refractivity contribution in [3.63, 3.8) is 0 Å². The van der Waals surface area contributed by atoms with Gasteiger partial charge in [-0.25, -0.2) is 0 Å². The second-order valence-electron chi connectivity index (χ2n) is 5.94. The topological polar surface area (TPSA) is 57.3 Å². The van der Waals surface area contributed by atoms with Crippen molar-refractivity contribution in [1.82, 2.24) is 10.3 Å². The molecule has 4 nitrogen and oxygen atoms in total. The highest BCUT2D eigenvalue weighted by molar-refractivity contribution is 9.12. The van der Waals surface area contributed by atoms with Crippen LogP contribution in [0.1, 0.15) is 5.56 Å². The van der Waals surface area contributed by atoms with Crippen molar-refractivity contribution in [2.75, 3.05) is 19.7 Å². The fraction of sp³-hybridized carbons (Fsp3) is 0.200. The molecule has 0 aliphatic carbocycles. The van der Waals surface area contributed by atoms with Gasteiger partial charge in [-0.1, -0.05) is 31.9 Å². The van der Waals surface area contributed by atoms with Crippen molar-refractivity contribution in [3.05, 3.63) is 75.1 Å². The van der Waals surface area contributed by atoms with Crippen LogP contribution in [0.25, 0.3) is 0 Å². The molecule has 1 aromatic heterocycles. The monoisotopic (exact) mass is 792 g/mol. The summed E-state index contributed by atoms with van der Waals surface area (Å²) in [7, 11) is 0. The smallest absolute Gasteiger partial charge is 0.155 e. The Kier molecular flexibility index (Phi) is 12.2. The quantitative estimate of drug-likeness (QED) is 0.212. The predicted molar refractivity (Wildman–Crippen MR) is 144 cm³/mol. The van der Waals surface area contributed by atoms with Crippen LogP contribution < -0.4 is 10.1 Å². The fourth-order valence-corrected chi connectivity index (χ4v) is 7.15. The summed E-state index contributed by atoms with van der Waals surface area (Å²) in [6.07, 6.45) is 4.92. The molecule has 0 fully saturated rings. The van der Waals surface area contributed by atoms with Crippen LogP contribution in [0.5, 0.6) is 11.5 Å². The van der Waals surface area contributed by atoms with Crippen LogP contribution in [-0.2, 0) is 6.42 Å². The zero-order valence-electron chi connectivity index (χ0n) is 15.5. The third kappa shape index (κ3) is 8.69. The lowest BCUT2D eigenvalue weighted by Crippen LogP contribution is -2.20. The molecule has 10 heteroatoms. The minimum atomic E-state index is 0.215. The van der Waals surface area contributed by atoms with E-state index in [0.29, 0.717) is 18.0 Å². The summed E-state index contributed by atoms with van der Waals surface area (Å²) in [5.41, 5.74) is 1.30. The van der Waals surface area contributed by atoms with E-state index in [1.54, 1.807) is 0 Å². The number of H-pyrrole nitrogens is 1. The Hall–Kier alpha value is 0.320. The molecule has 1 heterocycles. The number of nitrogens with one attached hydrogen (secondary N) is 2. The van der Waals surface area contributed by atoms with E-state index in [4.69, 9.17) is 9.84 Å². The van der Waals surface area contributed by atoms with Crippen LogP contribution in [0.2, 0.25) is 0 Å². The third-order valence-corrected chi connectivity index (χ3v) is 6.94. The second kappa shape index (κ2) is 13.8. The molecule has 0 unspecified atom stereocenters. The Morgan fingerprint density at radius 3 is 1.70 bits per heavy atom. The second-order valence-corrected chi connectivity index (χ2v) is 11.2. The van der Waals surface area contributed by atoms with Crippen molar-refractivity contribution in [2.24, 2.45) is 0 Å². The standard InChI is InChI=1S/C12H4Br6O.C8H14N2O/c13-5-1-7(15)11(8(16)2-5)19-12-9(17)3-6(14)4-10(12)18;11-6-5-9-3-1-8-2-4-10-7-8/h1-4H;2,4,7,9-11H,1,3,5-6H2. The summed E-state index contributed by atoms with van der Waals surface area (Å²) >= 11 is 20.8. The average molecular weight is 798 g/mol. The Morgan fingerprint density at radius 2 is 1.30 bits per heavy atom. The highest BCUT2D eigenvalue weighted by Gasteiger charge is 2.14. The predicted octanol–water partition coefficient (Wildman–Crippen LogP) is 8.19. The van der Waals surface area contributed by atoms with E-state index in [-0.39, 0.29) is 6.61 Å². The number of hydrogen-bond donors (Lipinski definition) is 3. The number of halogens is 6. The van der Waals surface area contributed by atoms with Crippen LogP contribution in [0.3, 0.4) is 0 Å². The minimum Gasteiger partial charge on any atom is -0.453 e. The molecule has 0 aliphatic heterocycles. The van der Waals surface area contributed by atoms with Crippen molar-refractivity contribution in [3.8, 4) is 11.5 Å². The van der Waals surface area contributed by atoms with E-state index in [1.807, 2.05) is 36.7 Å². The lowest BCUT2D eigenvalue weighted by atomic mass is 10.2. The van der Waals surface area contributed by atoms with Crippen molar-refractivity contribution < 1.29 is 9.84 Å². The molecule has 0 amide bonds. The molecule has 3 aromatic rings. The first-order valence-corrected chi connectivity index (χ1v) is 13.5. The molecule has 3 N–H and O–H groups in total. The Bertz CT molecular complexity index is 849. The molecule has 30 heavy (non-hydrogen) atoms. The molecule has 0 spiro atoms. The number of aliphatic hydroxyl groups excluding tert-OH is 1. The summed E-state index contributed by atoms with van der Waals surface area (Å²) < 4.78 is 11.3. The number of aromatic nitrogens is 1. The number of aromatic amines is 1. The first kappa shape index (κ1) is 26.6. The largest absolute Gasteiger partial charge is 0.453 e. The van der Waals surface area contributed by atoms with Gasteiger partial charge in [0, 0.05) is 27.9 Å². The van der Waals surface area contributed by atoms with Gasteiger partial charge in [0.2, 0.25) is 0 Å². The highest BCUT2D eigenvalue weighted by atomic mass is 79.9. The third-order valence-electron chi connectivity index (χ3n) is 3.67. The number of hydrogen-bond acceptors (Lipinski definition) is 3. The molecule has 0 atom stereocenters. The molecule has 0 saturated heterocycles. The normalized spacial score (nSPS) is 10.5. The minimum absolute atomic E-state index is 0.215. The average Bonchev–Trinajstić information content (AvgIpc) is 3.17. The molecule has 0 saturated carbocycles. The lowest BCUT2D eigenvalue weighted by Gasteiger charge is -2.13. The summed E-state index contributed by atoms with van der Waals surface area (Å²) in [4.78, 5) is 2.99. The van der Waals surface area contributed by atoms with E-state index < -0.39 is 0 Å². The van der Waals surface area contributed by atoms with Crippen molar-refractivity contribution in [2.45, 2.75) is 6.42 Å². The molecule has 0 bridgehead atoms. The molecule has 0 aliphatic rings. The Morgan fingerprint density at radius 1 is 0.800 bits per heavy atom. The van der Waals surface area contributed by atoms with E-state index in [9.17, 15) is 0 Å². The first-order chi connectivity index (χ1) is 14.3. The first-order valence-electron chi connectivity index (χ1n) is 8.72. The molecule has 162 valence electrons. The van der Waals surface area contributed by atoms with Gasteiger partial charge in [-0.15, -0.1) is 0 Å². The fourth-order valence-electron chi connectivity index (χ4n) is 2.31. The van der Waals surface area contributed by atoms with Gasteiger partial charge in [0.25, 0.3) is 0 Å². The summed E-state index contributed by atoms with van der Waals surface area (Å²) in [6, 6.07) is 9.78. The molecule has 0 radical (unpaired) electrons. The van der Waals surface area contributed by atoms with Gasteiger partial charge in [0.05, 0.1) is 24.5 Å². The molecular weight excluding hydrogens is 780 g/mol. The zero-order chi connectivity index (χ0) is 22.1. The number of benzene rings is 2. The van der Waals surface area contributed by atoms with Crippen LogP contribution in [0.4, 0.5) is 0 Å². The van der Waals surface area contributed by atoms with Crippen molar-refractivity contribution in [1.29, 1.82) is 0 Å². The van der Waals surface area contributed by atoms with Crippen LogP contribution >= 0.6 is 95.6 Å². The Balaban J connectivity index is 0.000000248. The maximum Gasteiger partial charge on any atom is 0.155 e. The maximum atomic E-state index is 8.45. The van der Waals surface area contributed by atoms with Crippen molar-refractivity contribution >= 4 is 95.6 Å². The van der Waals surface area contributed by atoms with Gasteiger partial charge in [-0.2, -0.15) is 0 Å². The van der Waals surface area contributed by atoms with E-state index in [2.05, 4.69) is 112 Å². The summed E-state index contributed by atoms with van der Waals surface area (Å²) in [5.74, 6) is 1.43. The van der Waals surface area contributed by atoms with Gasteiger partial charge in [-0.05, 0) is 113 Å². The van der Waals surface area contributed by atoms with Crippen LogP contribution in [-0.4, -0.2) is 29.8 Å². The summed E-state index contributed by atoms with van der Waals surface area (Å²) in [5, 5.41) is 11.6. The number of rotatable bonds is 7. The van der Waals surface area contributed by atoms with Gasteiger partial charge in [-0.3, -0.25) is 0 Å². The SMILES string of the molecule is Brc1cc(Br)c(Oc2c(Br)cc(Br)cc2Br)c(Br)c1.OCCNCCc1cc[nH]c1. The molecular formula is C20H18Br6N2O2. The highest BCUT2D eigenvalue weighted by Crippen LogP contribution is 2.44. The van der Waals surface area contributed by atoms with Gasteiger partial charge in [0.15, 0.2) is 11.5 Å². The number of ether oxygens (including phenoxy) is 1. The van der Waals surface area contributed by atoms with Crippen LogP contribution in [0, 0.1) is 0 Å². The molecule has 2 aromatic carbocycles. The van der Waals surface area contributed by atoms with E-state index in [0.717, 1.165) is 39.8 Å². The zero-order valence-corrected chi connectivity index (χ0v) is 25.0. The summed E-state index contributed by atoms with van der Waals surface area (Å²) in [6.45, 7) is 1.83.